The van der Waals surface area contributed by atoms with E-state index in [-0.39, 0.29) is 24.1 Å². The minimum atomic E-state index is -0.300. The van der Waals surface area contributed by atoms with Gasteiger partial charge in [0.05, 0.1) is 5.69 Å². The molecule has 2 aromatic heterocycles. The van der Waals surface area contributed by atoms with Crippen molar-refractivity contribution < 1.29 is 9.21 Å². The number of nitrogens with one attached hydrogen (secondary N) is 2. The number of anilines is 1. The van der Waals surface area contributed by atoms with E-state index >= 15 is 0 Å². The number of nitrogens with zero attached hydrogens (tertiary/aromatic N) is 2. The fourth-order valence-electron chi connectivity index (χ4n) is 2.31. The monoisotopic (exact) mass is 328 g/mol. The van der Waals surface area contributed by atoms with E-state index in [4.69, 9.17) is 4.42 Å². The maximum atomic E-state index is 12.0. The molecule has 8 heteroatoms. The molecule has 0 aliphatic carbocycles. The van der Waals surface area contributed by atoms with E-state index in [1.54, 1.807) is 6.92 Å². The van der Waals surface area contributed by atoms with Gasteiger partial charge < -0.3 is 9.73 Å². The van der Waals surface area contributed by atoms with Crippen LogP contribution in [0.1, 0.15) is 39.9 Å². The van der Waals surface area contributed by atoms with Gasteiger partial charge in [0.1, 0.15) is 0 Å². The Morgan fingerprint density at radius 2 is 2.19 bits per heavy atom. The number of thiazole rings is 1. The first-order valence-electron chi connectivity index (χ1n) is 6.62. The Morgan fingerprint density at radius 3 is 2.86 bits per heavy atom. The van der Waals surface area contributed by atoms with E-state index in [1.165, 1.54) is 22.6 Å². The second-order valence-corrected chi connectivity index (χ2v) is 5.88. The smallest absolute Gasteiger partial charge is 0.295 e. The molecule has 3 rings (SSSR count). The van der Waals surface area contributed by atoms with Crippen molar-refractivity contribution in [3.8, 4) is 0 Å². The average Bonchev–Trinajstić information content (AvgIpc) is 3.09. The van der Waals surface area contributed by atoms with Gasteiger partial charge in [0, 0.05) is 11.1 Å². The molecule has 0 aromatic carbocycles. The van der Waals surface area contributed by atoms with E-state index in [1.807, 2.05) is 6.20 Å². The van der Waals surface area contributed by atoms with Gasteiger partial charge in [-0.2, -0.15) is 0 Å². The Kier molecular flexibility index (Phi) is 5.33. The maximum absolute atomic E-state index is 12.0. The van der Waals surface area contributed by atoms with Gasteiger partial charge in [-0.25, -0.2) is 9.97 Å². The summed E-state index contributed by atoms with van der Waals surface area (Å²) in [7, 11) is 0. The molecule has 2 N–H and O–H groups in total. The third-order valence-corrected chi connectivity index (χ3v) is 4.51. The highest BCUT2D eigenvalue weighted by Crippen LogP contribution is 2.31. The van der Waals surface area contributed by atoms with Gasteiger partial charge in [-0.05, 0) is 38.8 Å². The maximum Gasteiger partial charge on any atom is 0.295 e. The normalized spacial score (nSPS) is 15.5. The quantitative estimate of drug-likeness (QED) is 0.905. The number of piperidine rings is 1. The lowest BCUT2D eigenvalue weighted by atomic mass is 9.97. The lowest BCUT2D eigenvalue weighted by molar-refractivity contribution is 0.0996. The Hall–Kier alpha value is -1.44. The van der Waals surface area contributed by atoms with Crippen LogP contribution in [0.25, 0.3) is 0 Å². The average molecular weight is 329 g/mol. The predicted molar refractivity (Wildman–Crippen MR) is 83.4 cm³/mol. The van der Waals surface area contributed by atoms with E-state index in [9.17, 15) is 4.79 Å². The molecule has 0 atom stereocenters. The molecular formula is C13H17ClN4O2S. The first-order chi connectivity index (χ1) is 9.74. The van der Waals surface area contributed by atoms with Crippen molar-refractivity contribution in [2.75, 3.05) is 18.4 Å². The zero-order valence-corrected chi connectivity index (χ0v) is 13.2. The summed E-state index contributed by atoms with van der Waals surface area (Å²) in [6.07, 6.45) is 5.38. The van der Waals surface area contributed by atoms with Crippen molar-refractivity contribution in [1.29, 1.82) is 0 Å². The molecule has 0 radical (unpaired) electrons. The molecule has 1 aliphatic heterocycles. The van der Waals surface area contributed by atoms with E-state index in [2.05, 4.69) is 20.6 Å². The molecule has 0 bridgehead atoms. The highest BCUT2D eigenvalue weighted by atomic mass is 35.5. The number of carbonyl (C=O) groups excluding carboxylic acids is 1. The first kappa shape index (κ1) is 15.9. The number of amides is 1. The predicted octanol–water partition coefficient (Wildman–Crippen LogP) is 2.58. The summed E-state index contributed by atoms with van der Waals surface area (Å²) in [5.41, 5.74) is 0.581. The Bertz CT molecular complexity index is 607. The summed E-state index contributed by atoms with van der Waals surface area (Å²) in [6, 6.07) is 0. The van der Waals surface area contributed by atoms with Crippen molar-refractivity contribution in [2.45, 2.75) is 25.7 Å². The molecule has 21 heavy (non-hydrogen) atoms. The summed E-state index contributed by atoms with van der Waals surface area (Å²) in [4.78, 5) is 21.4. The molecule has 6 nitrogen and oxygen atoms in total. The summed E-state index contributed by atoms with van der Waals surface area (Å²) < 4.78 is 5.07. The number of aryl methyl sites for hydroxylation is 1. The van der Waals surface area contributed by atoms with Gasteiger partial charge in [0.15, 0.2) is 11.5 Å². The molecule has 0 saturated carbocycles. The molecule has 1 fully saturated rings. The SMILES string of the molecule is Cc1ncoc1C(=O)Nc1ncc(C2CCNCC2)s1.Cl. The second kappa shape index (κ2) is 7.02. The molecule has 0 spiro atoms. The van der Waals surface area contributed by atoms with Crippen molar-refractivity contribution in [3.63, 3.8) is 0 Å². The van der Waals surface area contributed by atoms with Crippen LogP contribution in [-0.4, -0.2) is 29.0 Å². The molecule has 3 heterocycles. The van der Waals surface area contributed by atoms with E-state index in [0.29, 0.717) is 16.7 Å². The summed E-state index contributed by atoms with van der Waals surface area (Å²) >= 11 is 1.54. The third kappa shape index (κ3) is 3.61. The number of halogens is 1. The van der Waals surface area contributed by atoms with Crippen LogP contribution in [0, 0.1) is 6.92 Å². The molecule has 2 aromatic rings. The lowest BCUT2D eigenvalue weighted by Crippen LogP contribution is -2.26. The number of oxazole rings is 1. The van der Waals surface area contributed by atoms with Gasteiger partial charge in [-0.1, -0.05) is 0 Å². The largest absolute Gasteiger partial charge is 0.438 e. The zero-order valence-electron chi connectivity index (χ0n) is 11.6. The highest BCUT2D eigenvalue weighted by molar-refractivity contribution is 7.15. The second-order valence-electron chi connectivity index (χ2n) is 4.81. The first-order valence-corrected chi connectivity index (χ1v) is 7.43. The van der Waals surface area contributed by atoms with Crippen LogP contribution in [0.2, 0.25) is 0 Å². The molecule has 0 unspecified atom stereocenters. The number of hydrogen-bond acceptors (Lipinski definition) is 6. The van der Waals surface area contributed by atoms with Crippen molar-refractivity contribution in [3.05, 3.63) is 28.9 Å². The number of carbonyl (C=O) groups is 1. The molecule has 1 aliphatic rings. The lowest BCUT2D eigenvalue weighted by Gasteiger charge is -2.20. The third-order valence-electron chi connectivity index (χ3n) is 3.44. The van der Waals surface area contributed by atoms with Gasteiger partial charge in [-0.3, -0.25) is 10.1 Å². The highest BCUT2D eigenvalue weighted by Gasteiger charge is 2.20. The van der Waals surface area contributed by atoms with Gasteiger partial charge in [0.2, 0.25) is 5.76 Å². The number of rotatable bonds is 3. The fourth-order valence-corrected chi connectivity index (χ4v) is 3.29. The summed E-state index contributed by atoms with van der Waals surface area (Å²) in [6.45, 7) is 3.82. The fraction of sp³-hybridized carbons (Fsp3) is 0.462. The minimum absolute atomic E-state index is 0. The standard InChI is InChI=1S/C13H16N4O2S.ClH/c1-8-11(19-7-16-8)12(18)17-13-15-6-10(20-13)9-2-4-14-5-3-9;/h6-7,9,14H,2-5H2,1H3,(H,15,17,18);1H. The van der Waals surface area contributed by atoms with Crippen LogP contribution in [-0.2, 0) is 0 Å². The minimum Gasteiger partial charge on any atom is -0.438 e. The molecule has 114 valence electrons. The Balaban J connectivity index is 0.00000161. The van der Waals surface area contributed by atoms with Crippen molar-refractivity contribution >= 4 is 34.8 Å². The van der Waals surface area contributed by atoms with Crippen molar-refractivity contribution in [1.82, 2.24) is 15.3 Å². The molecule has 1 saturated heterocycles. The number of aromatic nitrogens is 2. The summed E-state index contributed by atoms with van der Waals surface area (Å²) in [5, 5.41) is 6.72. The topological polar surface area (TPSA) is 80.1 Å². The van der Waals surface area contributed by atoms with Gasteiger partial charge >= 0.3 is 0 Å². The van der Waals surface area contributed by atoms with E-state index in [0.717, 1.165) is 25.9 Å². The zero-order chi connectivity index (χ0) is 13.9. The van der Waals surface area contributed by atoms with Crippen LogP contribution in [0.3, 0.4) is 0 Å². The van der Waals surface area contributed by atoms with E-state index < -0.39 is 0 Å². The van der Waals surface area contributed by atoms with Gasteiger partial charge in [-0.15, -0.1) is 23.7 Å². The van der Waals surface area contributed by atoms with Crippen LogP contribution in [0.15, 0.2) is 17.0 Å². The number of hydrogen-bond donors (Lipinski definition) is 2. The molecular weight excluding hydrogens is 312 g/mol. The van der Waals surface area contributed by atoms with Crippen LogP contribution in [0.5, 0.6) is 0 Å². The van der Waals surface area contributed by atoms with Crippen LogP contribution in [0.4, 0.5) is 5.13 Å². The summed E-state index contributed by atoms with van der Waals surface area (Å²) in [5.74, 6) is 0.487. The Morgan fingerprint density at radius 1 is 1.43 bits per heavy atom. The molecule has 1 amide bonds. The van der Waals surface area contributed by atoms with Crippen LogP contribution >= 0.6 is 23.7 Å². The van der Waals surface area contributed by atoms with Crippen LogP contribution < -0.4 is 10.6 Å². The Labute approximate surface area is 132 Å². The van der Waals surface area contributed by atoms with Gasteiger partial charge in [0.25, 0.3) is 5.91 Å². The van der Waals surface area contributed by atoms with Crippen molar-refractivity contribution in [2.24, 2.45) is 0 Å².